The monoisotopic (exact) mass is 287 g/mol. The van der Waals surface area contributed by atoms with Crippen LogP contribution >= 0.6 is 15.9 Å². The molecule has 90 valence electrons. The van der Waals surface area contributed by atoms with Crippen LogP contribution in [0.25, 0.3) is 0 Å². The minimum atomic E-state index is 0.420. The van der Waals surface area contributed by atoms with Crippen molar-refractivity contribution < 1.29 is 4.74 Å². The van der Waals surface area contributed by atoms with E-state index in [-0.39, 0.29) is 0 Å². The second-order valence-electron chi connectivity index (χ2n) is 3.71. The first-order valence-electron chi connectivity index (χ1n) is 5.36. The van der Waals surface area contributed by atoms with Crippen LogP contribution in [0.3, 0.4) is 0 Å². The molecule has 0 aromatic carbocycles. The maximum absolute atomic E-state index is 5.39. The molecule has 0 aliphatic rings. The molecule has 0 spiro atoms. The van der Waals surface area contributed by atoms with Crippen molar-refractivity contribution in [2.45, 2.75) is 25.6 Å². The predicted octanol–water partition coefficient (Wildman–Crippen LogP) is 2.40. The maximum atomic E-state index is 5.39. The van der Waals surface area contributed by atoms with Gasteiger partial charge in [0.1, 0.15) is 11.6 Å². The molecule has 5 heteroatoms. The summed E-state index contributed by atoms with van der Waals surface area (Å²) < 4.78 is 5.39. The van der Waals surface area contributed by atoms with E-state index in [1.807, 2.05) is 27.0 Å². The zero-order valence-electron chi connectivity index (χ0n) is 10.2. The van der Waals surface area contributed by atoms with Crippen LogP contribution in [0, 0.1) is 6.92 Å². The van der Waals surface area contributed by atoms with Crippen molar-refractivity contribution >= 4 is 21.7 Å². The molecule has 0 N–H and O–H groups in total. The lowest BCUT2D eigenvalue weighted by Crippen LogP contribution is -2.25. The Hall–Kier alpha value is -0.840. The Labute approximate surface area is 105 Å². The van der Waals surface area contributed by atoms with E-state index in [4.69, 9.17) is 4.74 Å². The van der Waals surface area contributed by atoms with E-state index in [1.165, 1.54) is 0 Å². The van der Waals surface area contributed by atoms with E-state index in [0.29, 0.717) is 17.3 Å². The molecule has 1 heterocycles. The van der Waals surface area contributed by atoms with E-state index >= 15 is 0 Å². The van der Waals surface area contributed by atoms with Gasteiger partial charge in [0.2, 0.25) is 5.88 Å². The lowest BCUT2D eigenvalue weighted by Gasteiger charge is -2.20. The van der Waals surface area contributed by atoms with Crippen molar-refractivity contribution in [3.63, 3.8) is 0 Å². The summed E-state index contributed by atoms with van der Waals surface area (Å²) >= 11 is 3.52. The van der Waals surface area contributed by atoms with Crippen LogP contribution in [-0.4, -0.2) is 35.0 Å². The number of alkyl halides is 1. The second-order valence-corrected chi connectivity index (χ2v) is 5.27. The Kier molecular flexibility index (Phi) is 4.99. The van der Waals surface area contributed by atoms with Crippen molar-refractivity contribution in [2.24, 2.45) is 0 Å². The first-order valence-corrected chi connectivity index (χ1v) is 6.28. The van der Waals surface area contributed by atoms with Gasteiger partial charge >= 0.3 is 0 Å². The summed E-state index contributed by atoms with van der Waals surface area (Å²) in [5.74, 6) is 2.26. The van der Waals surface area contributed by atoms with Gasteiger partial charge in [-0.05, 0) is 13.8 Å². The molecule has 0 aliphatic carbocycles. The van der Waals surface area contributed by atoms with Crippen LogP contribution in [0.2, 0.25) is 0 Å². The van der Waals surface area contributed by atoms with Crippen molar-refractivity contribution in [1.82, 2.24) is 9.97 Å². The zero-order chi connectivity index (χ0) is 12.1. The third-order valence-corrected chi connectivity index (χ3v) is 2.30. The highest BCUT2D eigenvalue weighted by Gasteiger charge is 2.09. The van der Waals surface area contributed by atoms with Crippen LogP contribution in [0.1, 0.15) is 19.7 Å². The molecule has 1 atom stereocenters. The third-order valence-electron chi connectivity index (χ3n) is 2.01. The number of hydrogen-bond donors (Lipinski definition) is 0. The molecule has 0 saturated carbocycles. The van der Waals surface area contributed by atoms with Gasteiger partial charge in [-0.15, -0.1) is 0 Å². The Bertz CT molecular complexity index is 344. The Morgan fingerprint density at radius 3 is 2.75 bits per heavy atom. The summed E-state index contributed by atoms with van der Waals surface area (Å²) in [5.41, 5.74) is 0. The molecule has 0 fully saturated rings. The summed E-state index contributed by atoms with van der Waals surface area (Å²) in [7, 11) is 2.01. The molecule has 0 saturated heterocycles. The molecule has 1 aromatic rings. The lowest BCUT2D eigenvalue weighted by molar-refractivity contribution is 0.325. The SMILES string of the molecule is CCOc1cc(N(C)CC(C)Br)nc(C)n1. The maximum Gasteiger partial charge on any atom is 0.218 e. The van der Waals surface area contributed by atoms with E-state index in [0.717, 1.165) is 18.2 Å². The summed E-state index contributed by atoms with van der Waals surface area (Å²) in [6.07, 6.45) is 0. The number of halogens is 1. The summed E-state index contributed by atoms with van der Waals surface area (Å²) in [4.78, 5) is 11.1. The molecule has 16 heavy (non-hydrogen) atoms. The Balaban J connectivity index is 2.86. The average molecular weight is 288 g/mol. The van der Waals surface area contributed by atoms with Crippen LogP contribution in [0.4, 0.5) is 5.82 Å². The van der Waals surface area contributed by atoms with Gasteiger partial charge in [0.25, 0.3) is 0 Å². The van der Waals surface area contributed by atoms with Gasteiger partial charge in [0.15, 0.2) is 0 Å². The standard InChI is InChI=1S/C11H18BrN3O/c1-5-16-11-6-10(13-9(3)14-11)15(4)7-8(2)12/h6,8H,5,7H2,1-4H3. The fourth-order valence-corrected chi connectivity index (χ4v) is 1.85. The van der Waals surface area contributed by atoms with Gasteiger partial charge in [-0.25, -0.2) is 4.98 Å². The highest BCUT2D eigenvalue weighted by atomic mass is 79.9. The summed E-state index contributed by atoms with van der Waals surface area (Å²) in [5, 5.41) is 0. The van der Waals surface area contributed by atoms with Gasteiger partial charge in [-0.1, -0.05) is 22.9 Å². The number of hydrogen-bond acceptors (Lipinski definition) is 4. The first kappa shape index (κ1) is 13.2. The minimum Gasteiger partial charge on any atom is -0.478 e. The van der Waals surface area contributed by atoms with Gasteiger partial charge < -0.3 is 9.64 Å². The van der Waals surface area contributed by atoms with Gasteiger partial charge in [0, 0.05) is 24.5 Å². The largest absolute Gasteiger partial charge is 0.478 e. The van der Waals surface area contributed by atoms with E-state index < -0.39 is 0 Å². The third kappa shape index (κ3) is 3.96. The number of aryl methyl sites for hydroxylation is 1. The van der Waals surface area contributed by atoms with E-state index in [9.17, 15) is 0 Å². The van der Waals surface area contributed by atoms with Crippen molar-refractivity contribution in [2.75, 3.05) is 25.1 Å². The quantitative estimate of drug-likeness (QED) is 0.780. The van der Waals surface area contributed by atoms with Gasteiger partial charge in [0.05, 0.1) is 6.61 Å². The average Bonchev–Trinajstić information content (AvgIpc) is 2.16. The van der Waals surface area contributed by atoms with Crippen molar-refractivity contribution in [1.29, 1.82) is 0 Å². The fraction of sp³-hybridized carbons (Fsp3) is 0.636. The molecule has 0 aliphatic heterocycles. The van der Waals surface area contributed by atoms with Gasteiger partial charge in [-0.2, -0.15) is 4.98 Å². The number of nitrogens with zero attached hydrogens (tertiary/aromatic N) is 3. The molecular formula is C11H18BrN3O. The van der Waals surface area contributed by atoms with E-state index in [1.54, 1.807) is 0 Å². The fourth-order valence-electron chi connectivity index (χ4n) is 1.41. The number of anilines is 1. The van der Waals surface area contributed by atoms with Crippen LogP contribution in [0.5, 0.6) is 5.88 Å². The van der Waals surface area contributed by atoms with Crippen LogP contribution in [0.15, 0.2) is 6.07 Å². The molecule has 0 amide bonds. The second kappa shape index (κ2) is 6.03. The Morgan fingerprint density at radius 2 is 2.19 bits per heavy atom. The molecule has 1 rings (SSSR count). The molecule has 1 aromatic heterocycles. The van der Waals surface area contributed by atoms with E-state index in [2.05, 4.69) is 37.7 Å². The molecule has 1 unspecified atom stereocenters. The number of rotatable bonds is 5. The number of ether oxygens (including phenoxy) is 1. The normalized spacial score (nSPS) is 12.3. The topological polar surface area (TPSA) is 38.2 Å². The van der Waals surface area contributed by atoms with Crippen molar-refractivity contribution in [3.05, 3.63) is 11.9 Å². The first-order chi connectivity index (χ1) is 7.52. The van der Waals surface area contributed by atoms with Gasteiger partial charge in [-0.3, -0.25) is 0 Å². The highest BCUT2D eigenvalue weighted by Crippen LogP contribution is 2.17. The highest BCUT2D eigenvalue weighted by molar-refractivity contribution is 9.09. The summed E-state index contributed by atoms with van der Waals surface area (Å²) in [6, 6.07) is 1.87. The van der Waals surface area contributed by atoms with Crippen molar-refractivity contribution in [3.8, 4) is 5.88 Å². The molecule has 4 nitrogen and oxygen atoms in total. The Morgan fingerprint density at radius 1 is 1.50 bits per heavy atom. The predicted molar refractivity (Wildman–Crippen MR) is 69.6 cm³/mol. The minimum absolute atomic E-state index is 0.420. The van der Waals surface area contributed by atoms with Crippen LogP contribution in [-0.2, 0) is 0 Å². The number of aromatic nitrogens is 2. The lowest BCUT2D eigenvalue weighted by atomic mass is 10.4. The van der Waals surface area contributed by atoms with Crippen LogP contribution < -0.4 is 9.64 Å². The zero-order valence-corrected chi connectivity index (χ0v) is 11.8. The molecule has 0 bridgehead atoms. The smallest absolute Gasteiger partial charge is 0.218 e. The molecule has 0 radical (unpaired) electrons. The summed E-state index contributed by atoms with van der Waals surface area (Å²) in [6.45, 7) is 7.43. The molecular weight excluding hydrogens is 270 g/mol.